The van der Waals surface area contributed by atoms with Crippen molar-refractivity contribution in [2.24, 2.45) is 0 Å². The van der Waals surface area contributed by atoms with Gasteiger partial charge in [0.25, 0.3) is 0 Å². The van der Waals surface area contributed by atoms with Gasteiger partial charge in [0.15, 0.2) is 11.2 Å². The van der Waals surface area contributed by atoms with Gasteiger partial charge in [0.05, 0.1) is 18.5 Å². The molecule has 11 aromatic rings. The van der Waals surface area contributed by atoms with Crippen LogP contribution in [0.4, 0.5) is 51.2 Å². The molecule has 61 heavy (non-hydrogen) atoms. The molecule has 0 saturated heterocycles. The van der Waals surface area contributed by atoms with Crippen molar-refractivity contribution in [3.8, 4) is 5.75 Å². The fourth-order valence-corrected chi connectivity index (χ4v) is 8.52. The van der Waals surface area contributed by atoms with Crippen LogP contribution in [0, 0.1) is 0 Å². The number of benzene rings is 9. The molecule has 0 N–H and O–H groups in total. The van der Waals surface area contributed by atoms with Crippen LogP contribution < -0.4 is 19.4 Å². The summed E-state index contributed by atoms with van der Waals surface area (Å²) in [5.74, 6) is 0.758. The summed E-state index contributed by atoms with van der Waals surface area (Å²) < 4.78 is 19.6. The summed E-state index contributed by atoms with van der Waals surface area (Å²) in [7, 11) is 1.70. The molecule has 0 unspecified atom stereocenters. The number of methoxy groups -OCH3 is 1. The fraction of sp³-hybridized carbons (Fsp3) is 0.0182. The Morgan fingerprint density at radius 2 is 0.689 bits per heavy atom. The second-order valence-electron chi connectivity index (χ2n) is 14.9. The summed E-state index contributed by atoms with van der Waals surface area (Å²) in [6.45, 7) is 0. The molecule has 0 aliphatic carbocycles. The third kappa shape index (κ3) is 6.38. The fourth-order valence-electron chi connectivity index (χ4n) is 8.52. The van der Waals surface area contributed by atoms with E-state index in [4.69, 9.17) is 13.6 Å². The number of para-hydroxylation sites is 6. The molecule has 6 heteroatoms. The molecule has 0 atom stereocenters. The molecular formula is C55H39N3O3. The van der Waals surface area contributed by atoms with Gasteiger partial charge in [-0.1, -0.05) is 109 Å². The molecule has 11 rings (SSSR count). The van der Waals surface area contributed by atoms with E-state index < -0.39 is 0 Å². The molecule has 0 saturated carbocycles. The largest absolute Gasteiger partial charge is 0.497 e. The lowest BCUT2D eigenvalue weighted by Crippen LogP contribution is -2.15. The van der Waals surface area contributed by atoms with E-state index in [9.17, 15) is 0 Å². The molecule has 0 aliphatic heterocycles. The number of ether oxygens (including phenoxy) is 1. The first-order valence-electron chi connectivity index (χ1n) is 20.4. The lowest BCUT2D eigenvalue weighted by Gasteiger charge is -2.31. The Hall–Kier alpha value is -8.22. The molecule has 2 heterocycles. The zero-order chi connectivity index (χ0) is 40.7. The first kappa shape index (κ1) is 35.9. The maximum absolute atomic E-state index is 6.97. The van der Waals surface area contributed by atoms with Gasteiger partial charge in [0.2, 0.25) is 0 Å². The molecule has 6 nitrogen and oxygen atoms in total. The summed E-state index contributed by atoms with van der Waals surface area (Å²) in [6.07, 6.45) is 0. The van der Waals surface area contributed by atoms with E-state index >= 15 is 0 Å². The molecule has 0 amide bonds. The Morgan fingerprint density at radius 1 is 0.311 bits per heavy atom. The topological polar surface area (TPSA) is 45.2 Å². The minimum Gasteiger partial charge on any atom is -0.497 e. The zero-order valence-corrected chi connectivity index (χ0v) is 33.4. The quantitative estimate of drug-likeness (QED) is 0.137. The van der Waals surface area contributed by atoms with E-state index in [-0.39, 0.29) is 0 Å². The van der Waals surface area contributed by atoms with Crippen molar-refractivity contribution in [2.45, 2.75) is 0 Å². The summed E-state index contributed by atoms with van der Waals surface area (Å²) in [5.41, 5.74) is 11.9. The van der Waals surface area contributed by atoms with Gasteiger partial charge in [0, 0.05) is 61.4 Å². The van der Waals surface area contributed by atoms with Gasteiger partial charge in [-0.3, -0.25) is 0 Å². The average Bonchev–Trinajstić information content (AvgIpc) is 3.89. The van der Waals surface area contributed by atoms with Crippen molar-refractivity contribution in [1.29, 1.82) is 0 Å². The molecule has 292 valence electrons. The molecule has 0 bridgehead atoms. The number of hydrogen-bond acceptors (Lipinski definition) is 6. The van der Waals surface area contributed by atoms with E-state index in [1.807, 2.05) is 36.4 Å². The van der Waals surface area contributed by atoms with Gasteiger partial charge in [-0.25, -0.2) is 0 Å². The van der Waals surface area contributed by atoms with Gasteiger partial charge >= 0.3 is 0 Å². The van der Waals surface area contributed by atoms with E-state index in [1.54, 1.807) is 7.11 Å². The Kier molecular flexibility index (Phi) is 8.94. The van der Waals surface area contributed by atoms with Gasteiger partial charge in [-0.05, 0) is 109 Å². The molecule has 0 radical (unpaired) electrons. The van der Waals surface area contributed by atoms with Crippen LogP contribution in [0.2, 0.25) is 0 Å². The second-order valence-corrected chi connectivity index (χ2v) is 14.9. The maximum atomic E-state index is 6.97. The monoisotopic (exact) mass is 789 g/mol. The minimum absolute atomic E-state index is 0.749. The lowest BCUT2D eigenvalue weighted by atomic mass is 10.0. The van der Waals surface area contributed by atoms with Crippen molar-refractivity contribution in [3.63, 3.8) is 0 Å². The number of nitrogens with zero attached hydrogens (tertiary/aromatic N) is 3. The van der Waals surface area contributed by atoms with Crippen LogP contribution >= 0.6 is 0 Å². The summed E-state index contributed by atoms with van der Waals surface area (Å²) in [4.78, 5) is 6.90. The van der Waals surface area contributed by atoms with E-state index in [0.29, 0.717) is 0 Å². The number of fused-ring (bicyclic) bond motifs is 6. The van der Waals surface area contributed by atoms with Gasteiger partial charge in [-0.15, -0.1) is 0 Å². The first-order chi connectivity index (χ1) is 30.2. The molecule has 0 spiro atoms. The minimum atomic E-state index is 0.749. The van der Waals surface area contributed by atoms with Crippen molar-refractivity contribution in [1.82, 2.24) is 0 Å². The van der Waals surface area contributed by atoms with Crippen molar-refractivity contribution >= 4 is 95.1 Å². The first-order valence-corrected chi connectivity index (χ1v) is 20.4. The lowest BCUT2D eigenvalue weighted by molar-refractivity contribution is 0.415. The van der Waals surface area contributed by atoms with Crippen molar-refractivity contribution < 1.29 is 13.6 Å². The highest BCUT2D eigenvalue weighted by molar-refractivity contribution is 6.15. The highest BCUT2D eigenvalue weighted by Crippen LogP contribution is 2.51. The maximum Gasteiger partial charge on any atom is 0.159 e. The second kappa shape index (κ2) is 15.2. The average molecular weight is 790 g/mol. The number of furan rings is 2. The van der Waals surface area contributed by atoms with Crippen LogP contribution in [0.25, 0.3) is 43.9 Å². The Morgan fingerprint density at radius 3 is 1.16 bits per heavy atom. The molecule has 9 aromatic carbocycles. The van der Waals surface area contributed by atoms with Gasteiger partial charge in [0.1, 0.15) is 16.9 Å². The SMILES string of the molecule is COc1ccc2oc3c(N(c4ccccc4)c4cc(N(c5ccccc5)c5ccccc5)c5oc6ccccc6c5c4)cc(N(c4ccccc4)c4ccccc4)cc3c2c1. The van der Waals surface area contributed by atoms with Crippen molar-refractivity contribution in [3.05, 3.63) is 218 Å². The van der Waals surface area contributed by atoms with Crippen LogP contribution in [0.3, 0.4) is 0 Å². The Labute approximate surface area is 353 Å². The summed E-state index contributed by atoms with van der Waals surface area (Å²) >= 11 is 0. The van der Waals surface area contributed by atoms with Crippen LogP contribution in [-0.4, -0.2) is 7.11 Å². The standard InChI is InChI=1S/C55H39N3O3/c1-59-45-31-32-53-47(37-45)49-33-43(56(38-19-7-2-8-20-38)39-21-9-3-10-22-39)35-51(55(49)61-53)58(42-27-15-6-16-28-42)44-34-48-46-29-17-18-30-52(46)60-54(48)50(36-44)57(40-23-11-4-12-24-40)41-25-13-5-14-26-41/h2-37H,1H3. The van der Waals surface area contributed by atoms with Gasteiger partial charge in [-0.2, -0.15) is 0 Å². The number of rotatable bonds is 10. The van der Waals surface area contributed by atoms with Gasteiger partial charge < -0.3 is 28.3 Å². The third-order valence-electron chi connectivity index (χ3n) is 11.3. The van der Waals surface area contributed by atoms with Crippen LogP contribution in [0.5, 0.6) is 5.75 Å². The van der Waals surface area contributed by atoms with Crippen LogP contribution in [0.15, 0.2) is 227 Å². The van der Waals surface area contributed by atoms with Crippen LogP contribution in [-0.2, 0) is 0 Å². The highest BCUT2D eigenvalue weighted by Gasteiger charge is 2.27. The summed E-state index contributed by atoms with van der Waals surface area (Å²) in [6, 6.07) is 75.8. The number of anilines is 9. The zero-order valence-electron chi connectivity index (χ0n) is 33.4. The predicted octanol–water partition coefficient (Wildman–Crippen LogP) is 15.9. The van der Waals surface area contributed by atoms with Crippen LogP contribution in [0.1, 0.15) is 0 Å². The van der Waals surface area contributed by atoms with E-state index in [0.717, 1.165) is 101 Å². The predicted molar refractivity (Wildman–Crippen MR) is 252 cm³/mol. The molecular weight excluding hydrogens is 751 g/mol. The molecule has 2 aromatic heterocycles. The van der Waals surface area contributed by atoms with E-state index in [2.05, 4.69) is 197 Å². The third-order valence-corrected chi connectivity index (χ3v) is 11.3. The molecule has 0 fully saturated rings. The number of hydrogen-bond donors (Lipinski definition) is 0. The van der Waals surface area contributed by atoms with Crippen molar-refractivity contribution in [2.75, 3.05) is 21.8 Å². The normalized spacial score (nSPS) is 11.4. The molecule has 0 aliphatic rings. The Balaban J connectivity index is 1.26. The highest BCUT2D eigenvalue weighted by atomic mass is 16.5. The Bertz CT molecular complexity index is 3220. The van der Waals surface area contributed by atoms with E-state index in [1.165, 1.54) is 0 Å². The smallest absolute Gasteiger partial charge is 0.159 e. The summed E-state index contributed by atoms with van der Waals surface area (Å²) in [5, 5.41) is 3.95.